The van der Waals surface area contributed by atoms with Crippen molar-refractivity contribution >= 4 is 11.8 Å². The zero-order chi connectivity index (χ0) is 23.4. The zero-order valence-electron chi connectivity index (χ0n) is 18.6. The number of hydrogen-bond donors (Lipinski definition) is 2. The van der Waals surface area contributed by atoms with Crippen LogP contribution in [0.5, 0.6) is 0 Å². The molecular weight excluding hydrogens is 426 g/mol. The summed E-state index contributed by atoms with van der Waals surface area (Å²) in [7, 11) is 0. The average molecular weight is 457 g/mol. The van der Waals surface area contributed by atoms with E-state index in [4.69, 9.17) is 5.73 Å². The minimum atomic E-state index is -0.637. The number of halogens is 2. The molecule has 2 atom stereocenters. The third-order valence-electron chi connectivity index (χ3n) is 6.44. The van der Waals surface area contributed by atoms with Gasteiger partial charge >= 0.3 is 0 Å². The Morgan fingerprint density at radius 3 is 2.21 bits per heavy atom. The number of hydrogen-bond acceptors (Lipinski definition) is 4. The summed E-state index contributed by atoms with van der Waals surface area (Å²) in [6.45, 7) is 1.75. The third kappa shape index (κ3) is 5.75. The van der Waals surface area contributed by atoms with Crippen LogP contribution in [0.15, 0.2) is 48.5 Å². The molecule has 0 radical (unpaired) electrons. The highest BCUT2D eigenvalue weighted by Gasteiger charge is 2.42. The molecule has 1 unspecified atom stereocenters. The number of nitrogens with zero attached hydrogens (tertiary/aromatic N) is 2. The van der Waals surface area contributed by atoms with Gasteiger partial charge in [0.25, 0.3) is 5.91 Å². The fraction of sp³-hybridized carbons (Fsp3) is 0.440. The van der Waals surface area contributed by atoms with E-state index in [0.717, 1.165) is 24.8 Å². The highest BCUT2D eigenvalue weighted by atomic mass is 19.1. The van der Waals surface area contributed by atoms with Crippen molar-refractivity contribution in [3.05, 3.63) is 71.3 Å². The van der Waals surface area contributed by atoms with E-state index in [0.29, 0.717) is 44.2 Å². The van der Waals surface area contributed by atoms with Crippen molar-refractivity contribution in [2.45, 2.75) is 50.4 Å². The molecular formula is C25H30F2N4O2. The van der Waals surface area contributed by atoms with Gasteiger partial charge in [-0.1, -0.05) is 12.1 Å². The summed E-state index contributed by atoms with van der Waals surface area (Å²) in [5.41, 5.74) is 6.94. The lowest BCUT2D eigenvalue weighted by molar-refractivity contribution is -0.127. The van der Waals surface area contributed by atoms with Gasteiger partial charge in [-0.25, -0.2) is 8.78 Å². The quantitative estimate of drug-likeness (QED) is 0.640. The van der Waals surface area contributed by atoms with E-state index < -0.39 is 11.9 Å². The van der Waals surface area contributed by atoms with Crippen molar-refractivity contribution in [2.24, 2.45) is 5.73 Å². The summed E-state index contributed by atoms with van der Waals surface area (Å²) >= 11 is 0. The van der Waals surface area contributed by atoms with Crippen molar-refractivity contribution in [3.63, 3.8) is 0 Å². The van der Waals surface area contributed by atoms with Crippen LogP contribution in [-0.2, 0) is 11.3 Å². The largest absolute Gasteiger partial charge is 0.353 e. The van der Waals surface area contributed by atoms with Crippen molar-refractivity contribution in [3.8, 4) is 0 Å². The van der Waals surface area contributed by atoms with Crippen molar-refractivity contribution in [1.82, 2.24) is 15.1 Å². The van der Waals surface area contributed by atoms with Crippen LogP contribution < -0.4 is 11.1 Å². The highest BCUT2D eigenvalue weighted by Crippen LogP contribution is 2.35. The number of carbonyl (C=O) groups is 2. The summed E-state index contributed by atoms with van der Waals surface area (Å²) in [4.78, 5) is 30.2. The van der Waals surface area contributed by atoms with Crippen molar-refractivity contribution in [1.29, 1.82) is 0 Å². The standard InChI is InChI=1S/C25H30F2N4O2/c26-19-5-1-17(2-6-19)16-31(21-9-10-21)22-11-14-30(23(15-22)24(32)29-13-12-28)25(33)18-3-7-20(27)8-4-18/h1-8,21-23H,9-16,28H2,(H,29,32)/t22?,23-/m1/s1. The fourth-order valence-electron chi connectivity index (χ4n) is 4.57. The van der Waals surface area contributed by atoms with Gasteiger partial charge in [-0.15, -0.1) is 0 Å². The van der Waals surface area contributed by atoms with Crippen LogP contribution in [0.4, 0.5) is 8.78 Å². The number of benzene rings is 2. The monoisotopic (exact) mass is 456 g/mol. The number of nitrogens with two attached hydrogens (primary N) is 1. The lowest BCUT2D eigenvalue weighted by atomic mass is 9.93. The summed E-state index contributed by atoms with van der Waals surface area (Å²) < 4.78 is 26.7. The van der Waals surface area contributed by atoms with Crippen LogP contribution in [-0.4, -0.2) is 59.4 Å². The van der Waals surface area contributed by atoms with Gasteiger partial charge in [0.1, 0.15) is 17.7 Å². The molecule has 6 nitrogen and oxygen atoms in total. The molecule has 4 rings (SSSR count). The summed E-state index contributed by atoms with van der Waals surface area (Å²) in [6, 6.07) is 11.8. The molecule has 2 aromatic carbocycles. The Kier molecular flexibility index (Phi) is 7.35. The van der Waals surface area contributed by atoms with Crippen molar-refractivity contribution in [2.75, 3.05) is 19.6 Å². The van der Waals surface area contributed by atoms with E-state index in [1.54, 1.807) is 17.0 Å². The Morgan fingerprint density at radius 1 is 0.970 bits per heavy atom. The zero-order valence-corrected chi connectivity index (χ0v) is 18.6. The Morgan fingerprint density at radius 2 is 1.61 bits per heavy atom. The van der Waals surface area contributed by atoms with Gasteiger partial charge in [0.2, 0.25) is 5.91 Å². The summed E-state index contributed by atoms with van der Waals surface area (Å²) in [5, 5.41) is 2.83. The number of piperidine rings is 1. The van der Waals surface area contributed by atoms with E-state index >= 15 is 0 Å². The molecule has 2 aliphatic rings. The molecule has 0 bridgehead atoms. The highest BCUT2D eigenvalue weighted by molar-refractivity contribution is 5.97. The van der Waals surface area contributed by atoms with Gasteiger partial charge in [-0.05, 0) is 67.6 Å². The molecule has 2 amide bonds. The first kappa shape index (κ1) is 23.3. The first-order chi connectivity index (χ1) is 16.0. The molecule has 3 N–H and O–H groups in total. The van der Waals surface area contributed by atoms with Crippen LogP contribution in [0.2, 0.25) is 0 Å². The number of likely N-dealkylation sites (tertiary alicyclic amines) is 1. The predicted molar refractivity (Wildman–Crippen MR) is 121 cm³/mol. The molecule has 1 heterocycles. The second-order valence-electron chi connectivity index (χ2n) is 8.81. The minimum absolute atomic E-state index is 0.119. The Balaban J connectivity index is 1.53. The van der Waals surface area contributed by atoms with Crippen molar-refractivity contribution < 1.29 is 18.4 Å². The Labute approximate surface area is 192 Å². The fourth-order valence-corrected chi connectivity index (χ4v) is 4.57. The van der Waals surface area contributed by atoms with Gasteiger partial charge < -0.3 is 16.0 Å². The Hall–Kier alpha value is -2.84. The maximum atomic E-state index is 13.3. The minimum Gasteiger partial charge on any atom is -0.353 e. The topological polar surface area (TPSA) is 78.7 Å². The van der Waals surface area contributed by atoms with E-state index in [2.05, 4.69) is 10.2 Å². The lowest BCUT2D eigenvalue weighted by Crippen LogP contribution is -2.57. The second kappa shape index (κ2) is 10.4. The molecule has 1 aliphatic carbocycles. The van der Waals surface area contributed by atoms with E-state index in [-0.39, 0.29) is 23.7 Å². The van der Waals surface area contributed by atoms with Crippen LogP contribution >= 0.6 is 0 Å². The molecule has 0 spiro atoms. The summed E-state index contributed by atoms with van der Waals surface area (Å²) in [6.07, 6.45) is 3.42. The average Bonchev–Trinajstić information content (AvgIpc) is 3.67. The first-order valence-corrected chi connectivity index (χ1v) is 11.5. The lowest BCUT2D eigenvalue weighted by Gasteiger charge is -2.43. The molecule has 2 fully saturated rings. The number of nitrogens with one attached hydrogen (secondary N) is 1. The number of carbonyl (C=O) groups excluding carboxylic acids is 2. The Bertz CT molecular complexity index is 963. The first-order valence-electron chi connectivity index (χ1n) is 11.5. The van der Waals surface area contributed by atoms with Crippen LogP contribution in [0, 0.1) is 11.6 Å². The number of rotatable bonds is 8. The molecule has 176 valence electrons. The van der Waals surface area contributed by atoms with E-state index in [9.17, 15) is 18.4 Å². The molecule has 2 aromatic rings. The van der Waals surface area contributed by atoms with Crippen LogP contribution in [0.1, 0.15) is 41.6 Å². The van der Waals surface area contributed by atoms with Gasteiger partial charge in [-0.2, -0.15) is 0 Å². The number of amides is 2. The third-order valence-corrected chi connectivity index (χ3v) is 6.44. The summed E-state index contributed by atoms with van der Waals surface area (Å²) in [5.74, 6) is -1.18. The molecule has 1 saturated carbocycles. The molecule has 1 aliphatic heterocycles. The normalized spacial score (nSPS) is 20.7. The van der Waals surface area contributed by atoms with Gasteiger partial charge in [0.15, 0.2) is 0 Å². The molecule has 0 aromatic heterocycles. The second-order valence-corrected chi connectivity index (χ2v) is 8.81. The molecule has 33 heavy (non-hydrogen) atoms. The van der Waals surface area contributed by atoms with Crippen LogP contribution in [0.25, 0.3) is 0 Å². The predicted octanol–water partition coefficient (Wildman–Crippen LogP) is 2.68. The van der Waals surface area contributed by atoms with Gasteiger partial charge in [-0.3, -0.25) is 14.5 Å². The van der Waals surface area contributed by atoms with Crippen LogP contribution in [0.3, 0.4) is 0 Å². The van der Waals surface area contributed by atoms with E-state index in [1.165, 1.54) is 36.4 Å². The van der Waals surface area contributed by atoms with Gasteiger partial charge in [0.05, 0.1) is 0 Å². The van der Waals surface area contributed by atoms with E-state index in [1.807, 2.05) is 0 Å². The SMILES string of the molecule is NCCNC(=O)[C@H]1CC(N(Cc2ccc(F)cc2)C2CC2)CCN1C(=O)c1ccc(F)cc1. The maximum absolute atomic E-state index is 13.3. The maximum Gasteiger partial charge on any atom is 0.254 e. The van der Waals surface area contributed by atoms with Gasteiger partial charge in [0, 0.05) is 43.8 Å². The molecule has 1 saturated heterocycles. The molecule has 8 heteroatoms. The smallest absolute Gasteiger partial charge is 0.254 e.